The van der Waals surface area contributed by atoms with Gasteiger partial charge in [0, 0.05) is 19.0 Å². The van der Waals surface area contributed by atoms with Crippen LogP contribution in [0.25, 0.3) is 0 Å². The zero-order valence-corrected chi connectivity index (χ0v) is 17.5. The number of esters is 1. The molecular weight excluding hydrogens is 352 g/mol. The van der Waals surface area contributed by atoms with Crippen molar-refractivity contribution in [3.63, 3.8) is 0 Å². The Bertz CT molecular complexity index is 710. The molecule has 5 heteroatoms. The molecule has 0 saturated carbocycles. The predicted molar refractivity (Wildman–Crippen MR) is 113 cm³/mol. The van der Waals surface area contributed by atoms with E-state index in [1.54, 1.807) is 0 Å². The molecule has 0 spiro atoms. The number of methoxy groups -OCH3 is 1. The first kappa shape index (κ1) is 23.4. The van der Waals surface area contributed by atoms with Crippen molar-refractivity contribution < 1.29 is 14.3 Å². The summed E-state index contributed by atoms with van der Waals surface area (Å²) in [5.74, 6) is -0.206. The lowest BCUT2D eigenvalue weighted by molar-refractivity contribution is -0.138. The highest BCUT2D eigenvalue weighted by atomic mass is 16.5. The lowest BCUT2D eigenvalue weighted by Crippen LogP contribution is -2.51. The minimum Gasteiger partial charge on any atom is -0.469 e. The number of hydrogen-bond donors (Lipinski definition) is 2. The van der Waals surface area contributed by atoms with E-state index in [-0.39, 0.29) is 23.5 Å². The van der Waals surface area contributed by atoms with Crippen LogP contribution in [0.15, 0.2) is 60.7 Å². The molecule has 0 aliphatic rings. The molecule has 2 aromatic carbocycles. The molecule has 0 saturated heterocycles. The number of carbonyl (C=O) groups is 2. The largest absolute Gasteiger partial charge is 0.469 e. The van der Waals surface area contributed by atoms with Gasteiger partial charge in [-0.25, -0.2) is 0 Å². The molecule has 0 heterocycles. The van der Waals surface area contributed by atoms with Gasteiger partial charge in [-0.2, -0.15) is 0 Å². The quantitative estimate of drug-likeness (QED) is 0.748. The molecule has 2 aromatic rings. The maximum Gasteiger partial charge on any atom is 0.302 e. The molecule has 1 atom stereocenters. The average Bonchev–Trinajstić information content (AvgIpc) is 2.65. The van der Waals surface area contributed by atoms with Crippen molar-refractivity contribution in [1.82, 2.24) is 10.6 Å². The van der Waals surface area contributed by atoms with E-state index >= 15 is 0 Å². The summed E-state index contributed by atoms with van der Waals surface area (Å²) in [7, 11) is 1.35. The summed E-state index contributed by atoms with van der Waals surface area (Å²) in [4.78, 5) is 22.2. The van der Waals surface area contributed by atoms with Crippen LogP contribution in [0.5, 0.6) is 0 Å². The Kier molecular flexibility index (Phi) is 9.96. The monoisotopic (exact) mass is 384 g/mol. The van der Waals surface area contributed by atoms with Crippen LogP contribution in [0.1, 0.15) is 38.8 Å². The summed E-state index contributed by atoms with van der Waals surface area (Å²) in [5, 5.41) is 6.47. The van der Waals surface area contributed by atoms with Crippen LogP contribution in [-0.2, 0) is 27.3 Å². The van der Waals surface area contributed by atoms with Crippen molar-refractivity contribution in [2.45, 2.75) is 52.2 Å². The van der Waals surface area contributed by atoms with E-state index in [1.165, 1.54) is 19.6 Å². The Morgan fingerprint density at radius 1 is 0.929 bits per heavy atom. The fraction of sp³-hybridized carbons (Fsp3) is 0.391. The number of nitrogens with one attached hydrogen (secondary N) is 2. The van der Waals surface area contributed by atoms with Crippen molar-refractivity contribution >= 4 is 11.9 Å². The third-order valence-corrected chi connectivity index (χ3v) is 3.78. The first-order chi connectivity index (χ1) is 13.2. The molecule has 1 unspecified atom stereocenters. The van der Waals surface area contributed by atoms with Crippen molar-refractivity contribution in [2.24, 2.45) is 0 Å². The highest BCUT2D eigenvalue weighted by Crippen LogP contribution is 2.07. The fourth-order valence-corrected chi connectivity index (χ4v) is 2.40. The van der Waals surface area contributed by atoms with E-state index in [1.807, 2.05) is 57.2 Å². The maximum absolute atomic E-state index is 12.6. The summed E-state index contributed by atoms with van der Waals surface area (Å²) in [6, 6.07) is 20.0. The zero-order valence-electron chi connectivity index (χ0n) is 17.5. The fourth-order valence-electron chi connectivity index (χ4n) is 2.40. The van der Waals surface area contributed by atoms with Crippen LogP contribution in [0.3, 0.4) is 0 Å². The van der Waals surface area contributed by atoms with Crippen molar-refractivity contribution in [1.29, 1.82) is 0 Å². The average molecular weight is 385 g/mol. The van der Waals surface area contributed by atoms with Gasteiger partial charge in [-0.05, 0) is 38.3 Å². The molecule has 0 aliphatic carbocycles. The molecule has 0 fully saturated rings. The highest BCUT2D eigenvalue weighted by Gasteiger charge is 2.22. The normalized spacial score (nSPS) is 11.6. The van der Waals surface area contributed by atoms with E-state index in [2.05, 4.69) is 39.6 Å². The smallest absolute Gasteiger partial charge is 0.302 e. The number of hydrogen-bond acceptors (Lipinski definition) is 4. The zero-order chi connectivity index (χ0) is 21.0. The minimum atomic E-state index is -0.253. The van der Waals surface area contributed by atoms with Gasteiger partial charge in [0.25, 0.3) is 0 Å². The number of carbonyl (C=O) groups excluding carboxylic acids is 2. The first-order valence-electron chi connectivity index (χ1n) is 9.39. The van der Waals surface area contributed by atoms with Gasteiger partial charge in [0.1, 0.15) is 0 Å². The van der Waals surface area contributed by atoms with Crippen LogP contribution >= 0.6 is 0 Å². The van der Waals surface area contributed by atoms with Gasteiger partial charge in [0.15, 0.2) is 0 Å². The van der Waals surface area contributed by atoms with Crippen molar-refractivity contribution in [2.75, 3.05) is 7.11 Å². The Hall–Kier alpha value is -2.66. The van der Waals surface area contributed by atoms with Gasteiger partial charge in [0.05, 0.1) is 13.2 Å². The third kappa shape index (κ3) is 10.5. The van der Waals surface area contributed by atoms with Gasteiger partial charge >= 0.3 is 5.97 Å². The van der Waals surface area contributed by atoms with Gasteiger partial charge in [-0.1, -0.05) is 60.7 Å². The second-order valence-electron chi connectivity index (χ2n) is 7.54. The Labute approximate surface area is 168 Å². The highest BCUT2D eigenvalue weighted by molar-refractivity contribution is 5.82. The van der Waals surface area contributed by atoms with Gasteiger partial charge in [0.2, 0.25) is 5.91 Å². The van der Waals surface area contributed by atoms with Crippen molar-refractivity contribution in [3.05, 3.63) is 71.8 Å². The van der Waals surface area contributed by atoms with E-state index in [0.29, 0.717) is 13.0 Å². The van der Waals surface area contributed by atoms with Gasteiger partial charge in [-0.3, -0.25) is 9.59 Å². The SMILES string of the molecule is CC(C)(C)NC(=O)C(Cc1ccccc1)NCc1ccccc1.COC(C)=O. The number of amides is 1. The second-order valence-corrected chi connectivity index (χ2v) is 7.54. The summed E-state index contributed by atoms with van der Waals surface area (Å²) in [5.41, 5.74) is 2.09. The molecule has 2 rings (SSSR count). The standard InChI is InChI=1S/C20H26N2O.C3H6O2/c1-20(2,3)22-19(23)18(14-16-10-6-4-7-11-16)21-15-17-12-8-5-9-13-17;1-3(4)5-2/h4-13,18,21H,14-15H2,1-3H3,(H,22,23);1-2H3. The molecule has 0 radical (unpaired) electrons. The lowest BCUT2D eigenvalue weighted by atomic mass is 10.0. The molecule has 28 heavy (non-hydrogen) atoms. The summed E-state index contributed by atoms with van der Waals surface area (Å²) < 4.78 is 4.11. The second kappa shape index (κ2) is 11.9. The predicted octanol–water partition coefficient (Wildman–Crippen LogP) is 3.48. The van der Waals surface area contributed by atoms with Gasteiger partial charge in [-0.15, -0.1) is 0 Å². The topological polar surface area (TPSA) is 67.4 Å². The van der Waals surface area contributed by atoms with E-state index in [4.69, 9.17) is 0 Å². The van der Waals surface area contributed by atoms with Crippen LogP contribution < -0.4 is 10.6 Å². The van der Waals surface area contributed by atoms with Crippen LogP contribution in [0, 0.1) is 0 Å². The minimum absolute atomic E-state index is 0.0392. The van der Waals surface area contributed by atoms with E-state index < -0.39 is 0 Å². The lowest BCUT2D eigenvalue weighted by Gasteiger charge is -2.26. The summed E-state index contributed by atoms with van der Waals surface area (Å²) in [6.45, 7) is 8.04. The molecule has 0 aromatic heterocycles. The Balaban J connectivity index is 0.000000696. The van der Waals surface area contributed by atoms with Crippen LogP contribution in [0.4, 0.5) is 0 Å². The summed E-state index contributed by atoms with van der Waals surface area (Å²) in [6.07, 6.45) is 0.676. The van der Waals surface area contributed by atoms with Crippen LogP contribution in [0.2, 0.25) is 0 Å². The summed E-state index contributed by atoms with van der Waals surface area (Å²) >= 11 is 0. The molecule has 5 nitrogen and oxygen atoms in total. The third-order valence-electron chi connectivity index (χ3n) is 3.78. The van der Waals surface area contributed by atoms with Crippen molar-refractivity contribution in [3.8, 4) is 0 Å². The molecule has 2 N–H and O–H groups in total. The Morgan fingerprint density at radius 2 is 1.39 bits per heavy atom. The molecule has 0 aliphatic heterocycles. The number of ether oxygens (including phenoxy) is 1. The van der Waals surface area contributed by atoms with E-state index in [0.717, 1.165) is 5.56 Å². The Morgan fingerprint density at radius 3 is 1.82 bits per heavy atom. The van der Waals surface area contributed by atoms with Crippen LogP contribution in [-0.4, -0.2) is 30.6 Å². The van der Waals surface area contributed by atoms with E-state index in [9.17, 15) is 9.59 Å². The molecule has 0 bridgehead atoms. The first-order valence-corrected chi connectivity index (χ1v) is 9.39. The number of benzene rings is 2. The molecule has 152 valence electrons. The molecule has 1 amide bonds. The number of rotatable bonds is 6. The van der Waals surface area contributed by atoms with Gasteiger partial charge < -0.3 is 15.4 Å². The maximum atomic E-state index is 12.6. The molecular formula is C23H32N2O3.